The third-order valence-electron chi connectivity index (χ3n) is 1.95. The van der Waals surface area contributed by atoms with Crippen molar-refractivity contribution in [2.24, 2.45) is 0 Å². The Kier molecular flexibility index (Phi) is 5.38. The second-order valence-electron chi connectivity index (χ2n) is 3.05. The van der Waals surface area contributed by atoms with Crippen LogP contribution in [0.2, 0.25) is 15.1 Å². The Morgan fingerprint density at radius 2 is 1.88 bits per heavy atom. The van der Waals surface area contributed by atoms with Gasteiger partial charge in [0.05, 0.1) is 17.2 Å². The summed E-state index contributed by atoms with van der Waals surface area (Å²) < 4.78 is 4.59. The Labute approximate surface area is 117 Å². The van der Waals surface area contributed by atoms with E-state index in [0.29, 0.717) is 21.5 Å². The van der Waals surface area contributed by atoms with Gasteiger partial charge in [0.15, 0.2) is 0 Å². The van der Waals surface area contributed by atoms with Crippen LogP contribution in [0.3, 0.4) is 0 Å². The van der Waals surface area contributed by atoms with Gasteiger partial charge in [-0.2, -0.15) is 0 Å². The van der Waals surface area contributed by atoms with E-state index in [-0.39, 0.29) is 5.97 Å². The minimum absolute atomic E-state index is 0.359. The van der Waals surface area contributed by atoms with Crippen molar-refractivity contribution < 1.29 is 9.53 Å². The number of carbonyl (C=O) groups is 1. The maximum atomic E-state index is 11.2. The minimum Gasteiger partial charge on any atom is -0.468 e. The molecule has 2 nitrogen and oxygen atoms in total. The summed E-state index contributed by atoms with van der Waals surface area (Å²) in [6.45, 7) is 0. The fourth-order valence-corrected chi connectivity index (χ4v) is 2.31. The van der Waals surface area contributed by atoms with Gasteiger partial charge in [-0.25, -0.2) is 0 Å². The van der Waals surface area contributed by atoms with E-state index in [1.54, 1.807) is 12.1 Å². The van der Waals surface area contributed by atoms with Gasteiger partial charge in [0.1, 0.15) is 4.83 Å². The van der Waals surface area contributed by atoms with Gasteiger partial charge in [0, 0.05) is 5.02 Å². The van der Waals surface area contributed by atoms with E-state index in [0.717, 1.165) is 5.56 Å². The second-order valence-corrected chi connectivity index (χ2v) is 5.38. The molecular weight excluding hydrogens is 338 g/mol. The van der Waals surface area contributed by atoms with Crippen molar-refractivity contribution in [1.82, 2.24) is 0 Å². The molecule has 1 aromatic carbocycles. The van der Waals surface area contributed by atoms with Crippen LogP contribution < -0.4 is 0 Å². The van der Waals surface area contributed by atoms with Crippen LogP contribution in [0.5, 0.6) is 0 Å². The van der Waals surface area contributed by atoms with Crippen molar-refractivity contribution in [3.05, 3.63) is 32.8 Å². The number of alkyl halides is 1. The Balaban J connectivity index is 2.89. The zero-order chi connectivity index (χ0) is 12.3. The summed E-state index contributed by atoms with van der Waals surface area (Å²) >= 11 is 20.8. The minimum atomic E-state index is -0.452. The predicted octanol–water partition coefficient (Wildman–Crippen LogP) is 4.13. The van der Waals surface area contributed by atoms with Crippen LogP contribution in [0.1, 0.15) is 5.56 Å². The summed E-state index contributed by atoms with van der Waals surface area (Å²) in [5.41, 5.74) is 0.739. The lowest BCUT2D eigenvalue weighted by Gasteiger charge is -2.10. The van der Waals surface area contributed by atoms with Gasteiger partial charge < -0.3 is 4.74 Å². The molecule has 0 N–H and O–H groups in total. The number of methoxy groups -OCH3 is 1. The molecule has 0 saturated carbocycles. The zero-order valence-electron chi connectivity index (χ0n) is 8.27. The SMILES string of the molecule is COC(=O)C(Br)Cc1cc(Cl)c(Cl)cc1Cl. The molecule has 16 heavy (non-hydrogen) atoms. The Morgan fingerprint density at radius 3 is 2.44 bits per heavy atom. The van der Waals surface area contributed by atoms with E-state index in [4.69, 9.17) is 34.8 Å². The van der Waals surface area contributed by atoms with Crippen molar-refractivity contribution in [3.8, 4) is 0 Å². The first-order valence-electron chi connectivity index (χ1n) is 4.31. The summed E-state index contributed by atoms with van der Waals surface area (Å²) in [4.78, 5) is 10.8. The highest BCUT2D eigenvalue weighted by Gasteiger charge is 2.18. The summed E-state index contributed by atoms with van der Waals surface area (Å²) in [7, 11) is 1.33. The second kappa shape index (κ2) is 6.10. The standard InChI is InChI=1S/C10H8BrCl3O2/c1-16-10(15)6(11)2-5-3-8(13)9(14)4-7(5)12/h3-4,6H,2H2,1H3. The fourth-order valence-electron chi connectivity index (χ4n) is 1.12. The first kappa shape index (κ1) is 14.1. The summed E-state index contributed by atoms with van der Waals surface area (Å²) in [6, 6.07) is 3.20. The normalized spacial score (nSPS) is 12.3. The van der Waals surface area contributed by atoms with E-state index in [1.165, 1.54) is 7.11 Å². The molecule has 1 unspecified atom stereocenters. The van der Waals surface area contributed by atoms with Crippen molar-refractivity contribution >= 4 is 56.7 Å². The fraction of sp³-hybridized carbons (Fsp3) is 0.300. The molecule has 0 amide bonds. The molecule has 0 aliphatic carbocycles. The summed E-state index contributed by atoms with van der Waals surface area (Å²) in [5, 5.41) is 1.27. The molecule has 1 rings (SSSR count). The number of hydrogen-bond acceptors (Lipinski definition) is 2. The van der Waals surface area contributed by atoms with Crippen LogP contribution in [0, 0.1) is 0 Å². The molecule has 1 aromatic rings. The highest BCUT2D eigenvalue weighted by molar-refractivity contribution is 9.10. The lowest BCUT2D eigenvalue weighted by molar-refractivity contribution is -0.139. The number of ether oxygens (including phenoxy) is 1. The molecule has 88 valence electrons. The molecule has 0 aliphatic rings. The zero-order valence-corrected chi connectivity index (χ0v) is 12.1. The third kappa shape index (κ3) is 3.52. The van der Waals surface area contributed by atoms with E-state index < -0.39 is 4.83 Å². The van der Waals surface area contributed by atoms with Crippen molar-refractivity contribution in [3.63, 3.8) is 0 Å². The van der Waals surface area contributed by atoms with E-state index >= 15 is 0 Å². The van der Waals surface area contributed by atoms with Crippen LogP contribution >= 0.6 is 50.7 Å². The monoisotopic (exact) mass is 344 g/mol. The molecule has 0 saturated heterocycles. The quantitative estimate of drug-likeness (QED) is 0.467. The topological polar surface area (TPSA) is 26.3 Å². The Hall–Kier alpha value is 0.0400. The van der Waals surface area contributed by atoms with Crippen LogP contribution in [-0.2, 0) is 16.0 Å². The highest BCUT2D eigenvalue weighted by atomic mass is 79.9. The van der Waals surface area contributed by atoms with Crippen LogP contribution in [0.25, 0.3) is 0 Å². The van der Waals surface area contributed by atoms with Gasteiger partial charge in [-0.15, -0.1) is 0 Å². The van der Waals surface area contributed by atoms with Gasteiger partial charge in [-0.05, 0) is 24.1 Å². The molecule has 0 aromatic heterocycles. The summed E-state index contributed by atoms with van der Waals surface area (Å²) in [5.74, 6) is -0.359. The smallest absolute Gasteiger partial charge is 0.319 e. The lowest BCUT2D eigenvalue weighted by Crippen LogP contribution is -2.18. The number of carbonyl (C=O) groups excluding carboxylic acids is 1. The van der Waals surface area contributed by atoms with Gasteiger partial charge in [-0.3, -0.25) is 4.79 Å². The molecule has 0 spiro atoms. The van der Waals surface area contributed by atoms with Crippen molar-refractivity contribution in [2.75, 3.05) is 7.11 Å². The highest BCUT2D eigenvalue weighted by Crippen LogP contribution is 2.30. The summed E-state index contributed by atoms with van der Waals surface area (Å²) in [6.07, 6.45) is 0.391. The maximum Gasteiger partial charge on any atom is 0.319 e. The van der Waals surface area contributed by atoms with Crippen LogP contribution in [0.4, 0.5) is 0 Å². The number of hydrogen-bond donors (Lipinski definition) is 0. The van der Waals surface area contributed by atoms with Gasteiger partial charge in [0.2, 0.25) is 0 Å². The number of rotatable bonds is 3. The van der Waals surface area contributed by atoms with Crippen molar-refractivity contribution in [1.29, 1.82) is 0 Å². The third-order valence-corrected chi connectivity index (χ3v) is 3.72. The maximum absolute atomic E-state index is 11.2. The number of benzene rings is 1. The molecule has 1 atom stereocenters. The van der Waals surface area contributed by atoms with Crippen molar-refractivity contribution in [2.45, 2.75) is 11.2 Å². The van der Waals surface area contributed by atoms with Crippen LogP contribution in [0.15, 0.2) is 12.1 Å². The van der Waals surface area contributed by atoms with E-state index in [2.05, 4.69) is 20.7 Å². The molecule has 6 heteroatoms. The predicted molar refractivity (Wildman–Crippen MR) is 69.9 cm³/mol. The molecule has 0 bridgehead atoms. The van der Waals surface area contributed by atoms with Gasteiger partial charge in [-0.1, -0.05) is 50.7 Å². The average Bonchev–Trinajstić information content (AvgIpc) is 2.24. The van der Waals surface area contributed by atoms with E-state index in [1.807, 2.05) is 0 Å². The molecule has 0 radical (unpaired) electrons. The number of esters is 1. The molecule has 0 heterocycles. The Bertz CT molecular complexity index is 409. The first-order chi connectivity index (χ1) is 7.45. The molecule has 0 fully saturated rings. The largest absolute Gasteiger partial charge is 0.468 e. The average molecular weight is 346 g/mol. The molecular formula is C10H8BrCl3O2. The molecule has 0 aliphatic heterocycles. The first-order valence-corrected chi connectivity index (χ1v) is 6.36. The Morgan fingerprint density at radius 1 is 1.31 bits per heavy atom. The van der Waals surface area contributed by atoms with Gasteiger partial charge in [0.25, 0.3) is 0 Å². The van der Waals surface area contributed by atoms with E-state index in [9.17, 15) is 4.79 Å². The number of halogens is 4. The lowest BCUT2D eigenvalue weighted by atomic mass is 10.1. The van der Waals surface area contributed by atoms with Crippen LogP contribution in [-0.4, -0.2) is 17.9 Å². The van der Waals surface area contributed by atoms with Gasteiger partial charge >= 0.3 is 5.97 Å².